The van der Waals surface area contributed by atoms with Gasteiger partial charge in [-0.2, -0.15) is 0 Å². The molecule has 0 aliphatic heterocycles. The van der Waals surface area contributed by atoms with Crippen LogP contribution in [-0.2, 0) is 4.74 Å². The van der Waals surface area contributed by atoms with Crippen LogP contribution in [0.1, 0.15) is 22.3 Å². The fourth-order valence-electron chi connectivity index (χ4n) is 1.53. The van der Waals surface area contributed by atoms with Crippen molar-refractivity contribution < 1.29 is 9.53 Å². The van der Waals surface area contributed by atoms with Crippen molar-refractivity contribution >= 4 is 33.2 Å². The van der Waals surface area contributed by atoms with Crippen molar-refractivity contribution in [2.45, 2.75) is 13.8 Å². The van der Waals surface area contributed by atoms with E-state index in [1.807, 2.05) is 31.2 Å². The van der Waals surface area contributed by atoms with Gasteiger partial charge < -0.3 is 4.74 Å². The van der Waals surface area contributed by atoms with Crippen LogP contribution in [0.3, 0.4) is 0 Å². The smallest absolute Gasteiger partial charge is 0.350 e. The summed E-state index contributed by atoms with van der Waals surface area (Å²) in [5.41, 5.74) is 1.71. The Bertz CT molecular complexity index is 580. The summed E-state index contributed by atoms with van der Waals surface area (Å²) >= 11 is 4.79. The number of esters is 1. The maximum absolute atomic E-state index is 11.7. The van der Waals surface area contributed by atoms with Crippen LogP contribution in [0, 0.1) is 6.92 Å². The number of hydrogen-bond acceptors (Lipinski definition) is 4. The Morgan fingerprint density at radius 3 is 2.94 bits per heavy atom. The highest BCUT2D eigenvalue weighted by Crippen LogP contribution is 2.29. The van der Waals surface area contributed by atoms with Gasteiger partial charge in [0.05, 0.1) is 12.3 Å². The Morgan fingerprint density at radius 1 is 1.50 bits per heavy atom. The fraction of sp³-hybridized carbons (Fsp3) is 0.231. The Hall–Kier alpha value is -1.20. The van der Waals surface area contributed by atoms with Gasteiger partial charge in [-0.05, 0) is 26.0 Å². The molecule has 2 aromatic rings. The summed E-state index contributed by atoms with van der Waals surface area (Å²) in [6.45, 7) is 4.00. The summed E-state index contributed by atoms with van der Waals surface area (Å²) in [7, 11) is 0. The van der Waals surface area contributed by atoms with Crippen molar-refractivity contribution in [1.29, 1.82) is 0 Å². The number of nitrogens with zero attached hydrogens (tertiary/aromatic N) is 1. The average Bonchev–Trinajstić information content (AvgIpc) is 2.72. The van der Waals surface area contributed by atoms with Crippen LogP contribution < -0.4 is 0 Å². The fourth-order valence-corrected chi connectivity index (χ4v) is 2.88. The molecule has 0 atom stereocenters. The summed E-state index contributed by atoms with van der Waals surface area (Å²) in [4.78, 5) is 16.7. The van der Waals surface area contributed by atoms with Gasteiger partial charge in [-0.25, -0.2) is 9.78 Å². The molecule has 0 saturated carbocycles. The molecule has 1 heterocycles. The monoisotopic (exact) mass is 325 g/mol. The predicted molar refractivity (Wildman–Crippen MR) is 75.9 cm³/mol. The molecule has 0 radical (unpaired) electrons. The van der Waals surface area contributed by atoms with E-state index in [4.69, 9.17) is 4.74 Å². The molecule has 5 heteroatoms. The molecule has 0 spiro atoms. The van der Waals surface area contributed by atoms with Crippen LogP contribution in [-0.4, -0.2) is 17.6 Å². The number of aromatic nitrogens is 1. The highest BCUT2D eigenvalue weighted by Gasteiger charge is 2.17. The normalized spacial score (nSPS) is 10.4. The Labute approximate surface area is 118 Å². The largest absolute Gasteiger partial charge is 0.462 e. The number of hydrogen-bond donors (Lipinski definition) is 0. The molecular weight excluding hydrogens is 314 g/mol. The van der Waals surface area contributed by atoms with E-state index < -0.39 is 0 Å². The summed E-state index contributed by atoms with van der Waals surface area (Å²) in [5.74, 6) is -0.297. The lowest BCUT2D eigenvalue weighted by atomic mass is 10.2. The molecule has 18 heavy (non-hydrogen) atoms. The van der Waals surface area contributed by atoms with E-state index in [-0.39, 0.29) is 5.97 Å². The van der Waals surface area contributed by atoms with Gasteiger partial charge >= 0.3 is 5.97 Å². The predicted octanol–water partition coefficient (Wildman–Crippen LogP) is 4.06. The van der Waals surface area contributed by atoms with Crippen molar-refractivity contribution in [2.75, 3.05) is 6.61 Å². The van der Waals surface area contributed by atoms with Crippen molar-refractivity contribution in [3.63, 3.8) is 0 Å². The minimum atomic E-state index is -0.297. The van der Waals surface area contributed by atoms with Gasteiger partial charge in [-0.1, -0.05) is 28.1 Å². The van der Waals surface area contributed by atoms with Crippen LogP contribution in [0.5, 0.6) is 0 Å². The van der Waals surface area contributed by atoms with E-state index in [2.05, 4.69) is 20.9 Å². The van der Waals surface area contributed by atoms with Crippen LogP contribution in [0.2, 0.25) is 0 Å². The SMILES string of the molecule is CCOC(=O)c1sc(-c2cccc(Br)c2)nc1C. The molecule has 0 amide bonds. The first-order chi connectivity index (χ1) is 8.61. The minimum Gasteiger partial charge on any atom is -0.462 e. The molecule has 0 fully saturated rings. The zero-order chi connectivity index (χ0) is 13.1. The first-order valence-electron chi connectivity index (χ1n) is 5.52. The number of halogens is 1. The van der Waals surface area contributed by atoms with Gasteiger partial charge in [0.25, 0.3) is 0 Å². The van der Waals surface area contributed by atoms with Gasteiger partial charge in [-0.15, -0.1) is 11.3 Å². The third-order valence-corrected chi connectivity index (χ3v) is 4.01. The molecule has 1 aromatic heterocycles. The molecule has 1 aromatic carbocycles. The van der Waals surface area contributed by atoms with E-state index in [0.29, 0.717) is 17.2 Å². The molecule has 0 bridgehead atoms. The lowest BCUT2D eigenvalue weighted by Crippen LogP contribution is -2.03. The molecule has 0 N–H and O–H groups in total. The number of ether oxygens (including phenoxy) is 1. The number of rotatable bonds is 3. The average molecular weight is 326 g/mol. The Kier molecular flexibility index (Phi) is 4.14. The van der Waals surface area contributed by atoms with Crippen molar-refractivity contribution in [1.82, 2.24) is 4.98 Å². The van der Waals surface area contributed by atoms with Crippen molar-refractivity contribution in [3.8, 4) is 10.6 Å². The molecule has 0 saturated heterocycles. The number of carbonyl (C=O) groups excluding carboxylic acids is 1. The number of aryl methyl sites for hydroxylation is 1. The van der Waals surface area contributed by atoms with Gasteiger partial charge in [-0.3, -0.25) is 0 Å². The molecule has 94 valence electrons. The quantitative estimate of drug-likeness (QED) is 0.799. The van der Waals surface area contributed by atoms with E-state index >= 15 is 0 Å². The summed E-state index contributed by atoms with van der Waals surface area (Å²) in [6.07, 6.45) is 0. The zero-order valence-electron chi connectivity index (χ0n) is 10.1. The maximum atomic E-state index is 11.7. The van der Waals surface area contributed by atoms with E-state index in [1.54, 1.807) is 6.92 Å². The van der Waals surface area contributed by atoms with Crippen LogP contribution in [0.25, 0.3) is 10.6 Å². The van der Waals surface area contributed by atoms with Crippen molar-refractivity contribution in [3.05, 3.63) is 39.3 Å². The highest BCUT2D eigenvalue weighted by molar-refractivity contribution is 9.10. The Balaban J connectivity index is 2.37. The van der Waals surface area contributed by atoms with E-state index in [9.17, 15) is 4.79 Å². The third kappa shape index (κ3) is 2.79. The lowest BCUT2D eigenvalue weighted by Gasteiger charge is -1.98. The maximum Gasteiger partial charge on any atom is 0.350 e. The number of benzene rings is 1. The summed E-state index contributed by atoms with van der Waals surface area (Å²) in [6, 6.07) is 7.85. The Morgan fingerprint density at radius 2 is 2.28 bits per heavy atom. The number of carbonyl (C=O) groups is 1. The van der Waals surface area contributed by atoms with Gasteiger partial charge in [0.1, 0.15) is 9.88 Å². The van der Waals surface area contributed by atoms with Crippen LogP contribution >= 0.6 is 27.3 Å². The molecule has 0 aliphatic carbocycles. The minimum absolute atomic E-state index is 0.297. The molecule has 0 unspecified atom stereocenters. The van der Waals surface area contributed by atoms with E-state index in [0.717, 1.165) is 15.0 Å². The summed E-state index contributed by atoms with van der Waals surface area (Å²) in [5, 5.41) is 0.830. The van der Waals surface area contributed by atoms with Gasteiger partial charge in [0.2, 0.25) is 0 Å². The van der Waals surface area contributed by atoms with Gasteiger partial charge in [0.15, 0.2) is 0 Å². The lowest BCUT2D eigenvalue weighted by molar-refractivity contribution is 0.0531. The van der Waals surface area contributed by atoms with Crippen molar-refractivity contribution in [2.24, 2.45) is 0 Å². The standard InChI is InChI=1S/C13H12BrNO2S/c1-3-17-13(16)11-8(2)15-12(18-11)9-5-4-6-10(14)7-9/h4-7H,3H2,1-2H3. The second-order valence-electron chi connectivity index (χ2n) is 3.66. The number of thiazole rings is 1. The first-order valence-corrected chi connectivity index (χ1v) is 7.13. The van der Waals surface area contributed by atoms with Crippen LogP contribution in [0.4, 0.5) is 0 Å². The molecule has 0 aliphatic rings. The summed E-state index contributed by atoms with van der Waals surface area (Å²) < 4.78 is 6.00. The third-order valence-electron chi connectivity index (χ3n) is 2.33. The second-order valence-corrected chi connectivity index (χ2v) is 5.58. The molecule has 2 rings (SSSR count). The molecular formula is C13H12BrNO2S. The highest BCUT2D eigenvalue weighted by atomic mass is 79.9. The first kappa shape index (κ1) is 13.2. The van der Waals surface area contributed by atoms with E-state index in [1.165, 1.54) is 11.3 Å². The molecule has 3 nitrogen and oxygen atoms in total. The van der Waals surface area contributed by atoms with Crippen LogP contribution in [0.15, 0.2) is 28.7 Å². The second kappa shape index (κ2) is 5.63. The van der Waals surface area contributed by atoms with Gasteiger partial charge in [0, 0.05) is 10.0 Å². The zero-order valence-corrected chi connectivity index (χ0v) is 12.5. The topological polar surface area (TPSA) is 39.2 Å².